The molecule has 0 heterocycles. The third-order valence-electron chi connectivity index (χ3n) is 10.8. The molecule has 2 amide bonds. The average Bonchev–Trinajstić information content (AvgIpc) is 3.26. The van der Waals surface area contributed by atoms with Gasteiger partial charge in [0.15, 0.2) is 6.61 Å². The number of rotatable bonds is 10. The fourth-order valence-electron chi connectivity index (χ4n) is 8.68. The lowest BCUT2D eigenvalue weighted by atomic mass is 9.46. The summed E-state index contributed by atoms with van der Waals surface area (Å²) >= 11 is 0. The quantitative estimate of drug-likeness (QED) is 0.341. The molecule has 0 aromatic heterocycles. The molecule has 4 rings (SSSR count). The van der Waals surface area contributed by atoms with Gasteiger partial charge in [-0.2, -0.15) is 0 Å². The van der Waals surface area contributed by atoms with Gasteiger partial charge in [-0.15, -0.1) is 0 Å². The van der Waals surface area contributed by atoms with Gasteiger partial charge in [0.25, 0.3) is 5.91 Å². The summed E-state index contributed by atoms with van der Waals surface area (Å²) in [6, 6.07) is -1.87. The number of ketones is 1. The molecule has 0 unspecified atom stereocenters. The lowest BCUT2D eigenvalue weighted by Crippen LogP contribution is -2.51. The second-order valence-corrected chi connectivity index (χ2v) is 13.1. The van der Waals surface area contributed by atoms with Crippen molar-refractivity contribution < 1.29 is 29.1 Å². The van der Waals surface area contributed by atoms with E-state index in [1.165, 1.54) is 25.3 Å². The van der Waals surface area contributed by atoms with Gasteiger partial charge in [-0.25, -0.2) is 4.79 Å². The van der Waals surface area contributed by atoms with Crippen molar-refractivity contribution in [2.45, 2.75) is 111 Å². The number of amides is 2. The molecule has 4 aliphatic carbocycles. The summed E-state index contributed by atoms with van der Waals surface area (Å²) in [5, 5.41) is 18.5. The number of carboxylic acid groups (broad SMARTS) is 1. The Morgan fingerprint density at radius 1 is 1.07 bits per heavy atom. The maximum atomic E-state index is 12.4. The number of fused-ring (bicyclic) bond motifs is 5. The summed E-state index contributed by atoms with van der Waals surface area (Å²) in [6.07, 6.45) is 11.6. The summed E-state index contributed by atoms with van der Waals surface area (Å²) in [6.45, 7) is 9.61. The number of aliphatic carboxylic acids is 1. The van der Waals surface area contributed by atoms with Crippen molar-refractivity contribution in [2.24, 2.45) is 39.7 Å². The molecule has 0 radical (unpaired) electrons. The van der Waals surface area contributed by atoms with E-state index in [1.807, 2.05) is 6.92 Å². The lowest BCUT2D eigenvalue weighted by molar-refractivity contribution is -0.142. The van der Waals surface area contributed by atoms with Crippen LogP contribution in [0, 0.1) is 34.5 Å². The second-order valence-electron chi connectivity index (χ2n) is 13.1. The van der Waals surface area contributed by atoms with Gasteiger partial charge in [0.2, 0.25) is 5.91 Å². The highest BCUT2D eigenvalue weighted by atomic mass is 16.6. The van der Waals surface area contributed by atoms with Crippen LogP contribution in [0.5, 0.6) is 0 Å². The van der Waals surface area contributed by atoms with Crippen molar-refractivity contribution in [3.63, 3.8) is 0 Å². The van der Waals surface area contributed by atoms with Gasteiger partial charge in [-0.05, 0) is 106 Å². The molecule has 4 aliphatic rings. The Kier molecular flexibility index (Phi) is 9.10. The number of nitrogens with zero attached hydrogens (tertiary/aromatic N) is 1. The van der Waals surface area contributed by atoms with Crippen LogP contribution in [0.25, 0.3) is 0 Å². The van der Waals surface area contributed by atoms with Crippen LogP contribution in [-0.4, -0.2) is 53.1 Å². The monoisotopic (exact) mass is 557 g/mol. The normalized spacial score (nSPS) is 35.3. The molecule has 222 valence electrons. The summed E-state index contributed by atoms with van der Waals surface area (Å²) in [5.41, 5.74) is 2.57. The molecule has 3 saturated carbocycles. The van der Waals surface area contributed by atoms with Crippen molar-refractivity contribution in [2.75, 3.05) is 6.61 Å². The van der Waals surface area contributed by atoms with E-state index in [0.717, 1.165) is 44.2 Å². The number of Topliss-reactive ketones (excluding diaryl/α,β-unsaturated/α-hetero) is 1. The molecule has 0 aromatic carbocycles. The Balaban J connectivity index is 1.31. The summed E-state index contributed by atoms with van der Waals surface area (Å²) in [4.78, 5) is 53.7. The van der Waals surface area contributed by atoms with Crippen LogP contribution in [0.3, 0.4) is 0 Å². The third-order valence-corrected chi connectivity index (χ3v) is 10.8. The molecule has 40 heavy (non-hydrogen) atoms. The van der Waals surface area contributed by atoms with Crippen LogP contribution in [-0.2, 0) is 24.0 Å². The van der Waals surface area contributed by atoms with E-state index in [2.05, 4.69) is 35.7 Å². The highest BCUT2D eigenvalue weighted by molar-refractivity contribution is 5.96. The molecule has 0 aliphatic heterocycles. The smallest absolute Gasteiger partial charge is 0.326 e. The van der Waals surface area contributed by atoms with E-state index in [0.29, 0.717) is 36.4 Å². The van der Waals surface area contributed by atoms with E-state index in [-0.39, 0.29) is 23.4 Å². The molecule has 0 spiro atoms. The fraction of sp³-hybridized carbons (Fsp3) is 0.774. The van der Waals surface area contributed by atoms with Crippen molar-refractivity contribution >= 4 is 29.3 Å². The second kappa shape index (κ2) is 12.0. The lowest BCUT2D eigenvalue weighted by Gasteiger charge is -2.58. The van der Waals surface area contributed by atoms with Gasteiger partial charge >= 0.3 is 5.97 Å². The first-order valence-corrected chi connectivity index (χ1v) is 15.1. The standard InChI is InChI=1S/C31H47N3O6/c1-6-7-26(29(38)39)33-28(37)18(2)32-27(36)17-40-34-21-12-14-30(4)20(16-21)8-9-22-24-11-10-23(19(3)35)31(24,5)15-13-25(22)30/h16,18,22-26H,6-15,17H2,1-5H3,(H,32,36)(H,33,37)(H,38,39)/t18-,22+,23-,24-,25+,26-,30-,31+/m0/s1. The van der Waals surface area contributed by atoms with E-state index < -0.39 is 29.9 Å². The van der Waals surface area contributed by atoms with Crippen molar-refractivity contribution in [1.29, 1.82) is 0 Å². The zero-order valence-corrected chi connectivity index (χ0v) is 24.8. The number of nitrogens with one attached hydrogen (secondary N) is 2. The molecule has 0 bridgehead atoms. The van der Waals surface area contributed by atoms with Crippen molar-refractivity contribution in [3.05, 3.63) is 11.6 Å². The zero-order chi connectivity index (χ0) is 29.2. The van der Waals surface area contributed by atoms with Crippen LogP contribution in [0.1, 0.15) is 98.8 Å². The Labute approximate surface area is 237 Å². The summed E-state index contributed by atoms with van der Waals surface area (Å²) < 4.78 is 0. The minimum atomic E-state index is -1.10. The molecule has 9 heteroatoms. The largest absolute Gasteiger partial charge is 0.480 e. The molecule has 0 aromatic rings. The molecule has 3 N–H and O–H groups in total. The number of carboxylic acids is 1. The van der Waals surface area contributed by atoms with Gasteiger partial charge in [0.05, 0.1) is 5.71 Å². The number of hydrogen-bond acceptors (Lipinski definition) is 6. The Morgan fingerprint density at radius 3 is 2.50 bits per heavy atom. The van der Waals surface area contributed by atoms with E-state index >= 15 is 0 Å². The predicted molar refractivity (Wildman–Crippen MR) is 151 cm³/mol. The Bertz CT molecular complexity index is 1080. The van der Waals surface area contributed by atoms with E-state index in [1.54, 1.807) is 6.92 Å². The first-order chi connectivity index (χ1) is 18.9. The SMILES string of the molecule is CCC[C@H](NC(=O)[C@H](C)NC(=O)CON=C1C=C2CC[C@H]3[C@@H](CC[C@]4(C)[C@H](C(C)=O)CC[C@@H]34)[C@@]2(C)CC1)C(=O)O. The number of allylic oxidation sites excluding steroid dienone is 2. The van der Waals surface area contributed by atoms with Crippen molar-refractivity contribution in [1.82, 2.24) is 10.6 Å². The fourth-order valence-corrected chi connectivity index (χ4v) is 8.68. The van der Waals surface area contributed by atoms with Crippen LogP contribution in [0.2, 0.25) is 0 Å². The topological polar surface area (TPSA) is 134 Å². The highest BCUT2D eigenvalue weighted by Crippen LogP contribution is 2.66. The molecule has 3 fully saturated rings. The molecule has 8 atom stereocenters. The van der Waals surface area contributed by atoms with E-state index in [9.17, 15) is 24.3 Å². The van der Waals surface area contributed by atoms with Gasteiger partial charge in [-0.1, -0.05) is 37.9 Å². The minimum Gasteiger partial charge on any atom is -0.480 e. The van der Waals surface area contributed by atoms with Crippen LogP contribution in [0.15, 0.2) is 16.8 Å². The summed E-state index contributed by atoms with van der Waals surface area (Å²) in [5.74, 6) is 0.407. The van der Waals surface area contributed by atoms with Crippen LogP contribution < -0.4 is 10.6 Å². The highest BCUT2D eigenvalue weighted by Gasteiger charge is 2.59. The number of carbonyl (C=O) groups is 4. The van der Waals surface area contributed by atoms with Crippen molar-refractivity contribution in [3.8, 4) is 0 Å². The van der Waals surface area contributed by atoms with Gasteiger partial charge < -0.3 is 20.6 Å². The zero-order valence-electron chi connectivity index (χ0n) is 24.8. The first-order valence-electron chi connectivity index (χ1n) is 15.1. The molecule has 9 nitrogen and oxygen atoms in total. The number of hydrogen-bond donors (Lipinski definition) is 3. The maximum Gasteiger partial charge on any atom is 0.326 e. The van der Waals surface area contributed by atoms with Crippen LogP contribution in [0.4, 0.5) is 0 Å². The number of carbonyl (C=O) groups excluding carboxylic acids is 3. The van der Waals surface area contributed by atoms with Crippen LogP contribution >= 0.6 is 0 Å². The third kappa shape index (κ3) is 5.84. The van der Waals surface area contributed by atoms with E-state index in [4.69, 9.17) is 4.84 Å². The van der Waals surface area contributed by atoms with Gasteiger partial charge in [0.1, 0.15) is 17.9 Å². The molecular formula is C31H47N3O6. The molecular weight excluding hydrogens is 510 g/mol. The molecule has 0 saturated heterocycles. The predicted octanol–water partition coefficient (Wildman–Crippen LogP) is 4.40. The Hall–Kier alpha value is -2.71. The maximum absolute atomic E-state index is 12.4. The van der Waals surface area contributed by atoms with Gasteiger partial charge in [0, 0.05) is 5.92 Å². The van der Waals surface area contributed by atoms with Gasteiger partial charge in [-0.3, -0.25) is 14.4 Å². The first kappa shape index (κ1) is 30.3. The Morgan fingerprint density at radius 2 is 1.82 bits per heavy atom. The minimum absolute atomic E-state index is 0.142. The average molecular weight is 558 g/mol. The summed E-state index contributed by atoms with van der Waals surface area (Å²) in [7, 11) is 0. The number of oxime groups is 1.